The zero-order valence-electron chi connectivity index (χ0n) is 11.8. The molecule has 118 valence electrons. The molecule has 0 heterocycles. The second kappa shape index (κ2) is 9.30. The van der Waals surface area contributed by atoms with E-state index in [4.69, 9.17) is 11.6 Å². The Labute approximate surface area is 140 Å². The minimum Gasteiger partial charge on any atom is -0.387 e. The SMILES string of the molecule is Cl.O=C(CNc1ccccc1)NCC(O)c1ccccc1Cl. The number of benzene rings is 2. The molecule has 0 aliphatic heterocycles. The molecule has 0 aliphatic rings. The van der Waals surface area contributed by atoms with Crippen LogP contribution in [0.1, 0.15) is 11.7 Å². The van der Waals surface area contributed by atoms with Crippen molar-refractivity contribution in [1.29, 1.82) is 0 Å². The van der Waals surface area contributed by atoms with E-state index in [-0.39, 0.29) is 31.4 Å². The van der Waals surface area contributed by atoms with Gasteiger partial charge < -0.3 is 15.7 Å². The second-order valence-electron chi connectivity index (χ2n) is 4.56. The summed E-state index contributed by atoms with van der Waals surface area (Å²) >= 11 is 5.99. The maximum atomic E-state index is 11.7. The number of rotatable bonds is 6. The smallest absolute Gasteiger partial charge is 0.239 e. The number of para-hydroxylation sites is 1. The Morgan fingerprint density at radius 3 is 2.41 bits per heavy atom. The molecule has 0 radical (unpaired) electrons. The molecule has 22 heavy (non-hydrogen) atoms. The molecular weight excluding hydrogens is 323 g/mol. The van der Waals surface area contributed by atoms with E-state index >= 15 is 0 Å². The summed E-state index contributed by atoms with van der Waals surface area (Å²) in [5, 5.41) is 16.2. The Bertz CT molecular complexity index is 594. The molecule has 0 saturated heterocycles. The van der Waals surface area contributed by atoms with Gasteiger partial charge >= 0.3 is 0 Å². The van der Waals surface area contributed by atoms with Crippen molar-refractivity contribution in [2.45, 2.75) is 6.10 Å². The van der Waals surface area contributed by atoms with Gasteiger partial charge in [-0.25, -0.2) is 0 Å². The van der Waals surface area contributed by atoms with E-state index in [9.17, 15) is 9.90 Å². The highest BCUT2D eigenvalue weighted by atomic mass is 35.5. The van der Waals surface area contributed by atoms with Gasteiger partial charge in [-0.3, -0.25) is 4.79 Å². The van der Waals surface area contributed by atoms with E-state index in [1.54, 1.807) is 24.3 Å². The standard InChI is InChI=1S/C16H17ClN2O2.ClH/c17-14-9-5-4-8-13(14)15(20)10-19-16(21)11-18-12-6-2-1-3-7-12;/h1-9,15,18,20H,10-11H2,(H,19,21);1H. The van der Waals surface area contributed by atoms with Gasteiger partial charge in [0.15, 0.2) is 0 Å². The lowest BCUT2D eigenvalue weighted by molar-refractivity contribution is -0.119. The van der Waals surface area contributed by atoms with Crippen molar-refractivity contribution in [2.75, 3.05) is 18.4 Å². The molecule has 0 saturated carbocycles. The average Bonchev–Trinajstić information content (AvgIpc) is 2.52. The summed E-state index contributed by atoms with van der Waals surface area (Å²) in [4.78, 5) is 11.7. The number of hydrogen-bond acceptors (Lipinski definition) is 3. The summed E-state index contributed by atoms with van der Waals surface area (Å²) < 4.78 is 0. The van der Waals surface area contributed by atoms with E-state index in [0.29, 0.717) is 10.6 Å². The molecule has 2 aromatic carbocycles. The van der Waals surface area contributed by atoms with E-state index in [0.717, 1.165) is 5.69 Å². The first-order valence-electron chi connectivity index (χ1n) is 6.65. The Balaban J connectivity index is 0.00000242. The quantitative estimate of drug-likeness (QED) is 0.757. The molecule has 4 nitrogen and oxygen atoms in total. The Morgan fingerprint density at radius 1 is 1.09 bits per heavy atom. The molecule has 0 fully saturated rings. The lowest BCUT2D eigenvalue weighted by Gasteiger charge is -2.14. The molecule has 2 aromatic rings. The Morgan fingerprint density at radius 2 is 1.73 bits per heavy atom. The number of aliphatic hydroxyl groups excluding tert-OH is 1. The monoisotopic (exact) mass is 340 g/mol. The van der Waals surface area contributed by atoms with Crippen molar-refractivity contribution in [3.05, 3.63) is 65.2 Å². The number of nitrogens with one attached hydrogen (secondary N) is 2. The fourth-order valence-electron chi connectivity index (χ4n) is 1.87. The van der Waals surface area contributed by atoms with Crippen LogP contribution in [0.4, 0.5) is 5.69 Å². The van der Waals surface area contributed by atoms with Crippen molar-refractivity contribution in [2.24, 2.45) is 0 Å². The topological polar surface area (TPSA) is 61.4 Å². The third-order valence-electron chi connectivity index (χ3n) is 2.98. The van der Waals surface area contributed by atoms with Gasteiger partial charge in [0.1, 0.15) is 0 Å². The Kier molecular flexibility index (Phi) is 7.74. The third-order valence-corrected chi connectivity index (χ3v) is 3.33. The van der Waals surface area contributed by atoms with Crippen molar-refractivity contribution in [3.8, 4) is 0 Å². The minimum absolute atomic E-state index is 0. The van der Waals surface area contributed by atoms with Crippen LogP contribution in [0.5, 0.6) is 0 Å². The number of halogens is 2. The number of carbonyl (C=O) groups excluding carboxylic acids is 1. The summed E-state index contributed by atoms with van der Waals surface area (Å²) in [5.41, 5.74) is 1.48. The molecule has 2 rings (SSSR count). The molecule has 1 unspecified atom stereocenters. The predicted octanol–water partition coefficient (Wildman–Crippen LogP) is 3.02. The summed E-state index contributed by atoms with van der Waals surface area (Å²) in [6.45, 7) is 0.276. The van der Waals surface area contributed by atoms with Crippen LogP contribution in [0.25, 0.3) is 0 Å². The first kappa shape index (κ1) is 18.3. The molecule has 3 N–H and O–H groups in total. The number of anilines is 1. The molecule has 1 amide bonds. The highest BCUT2D eigenvalue weighted by Crippen LogP contribution is 2.21. The van der Waals surface area contributed by atoms with E-state index in [2.05, 4.69) is 10.6 Å². The molecular formula is C16H18Cl2N2O2. The molecule has 0 aromatic heterocycles. The van der Waals surface area contributed by atoms with Crippen LogP contribution < -0.4 is 10.6 Å². The van der Waals surface area contributed by atoms with Gasteiger partial charge in [-0.2, -0.15) is 0 Å². The number of aliphatic hydroxyl groups is 1. The Hall–Kier alpha value is -1.75. The fraction of sp³-hybridized carbons (Fsp3) is 0.188. The van der Waals surface area contributed by atoms with Gasteiger partial charge in [0.2, 0.25) is 5.91 Å². The van der Waals surface area contributed by atoms with Crippen LogP contribution in [-0.4, -0.2) is 24.1 Å². The third kappa shape index (κ3) is 5.56. The summed E-state index contributed by atoms with van der Waals surface area (Å²) in [6.07, 6.45) is -0.820. The molecule has 6 heteroatoms. The normalized spacial score (nSPS) is 11.2. The maximum absolute atomic E-state index is 11.7. The number of hydrogen-bond donors (Lipinski definition) is 3. The number of amides is 1. The van der Waals surface area contributed by atoms with Gasteiger partial charge in [-0.1, -0.05) is 48.0 Å². The van der Waals surface area contributed by atoms with Crippen LogP contribution in [0.15, 0.2) is 54.6 Å². The highest BCUT2D eigenvalue weighted by Gasteiger charge is 2.12. The highest BCUT2D eigenvalue weighted by molar-refractivity contribution is 6.31. The van der Waals surface area contributed by atoms with Gasteiger partial charge in [0.25, 0.3) is 0 Å². The van der Waals surface area contributed by atoms with E-state index < -0.39 is 6.10 Å². The van der Waals surface area contributed by atoms with Crippen LogP contribution in [0.2, 0.25) is 5.02 Å². The second-order valence-corrected chi connectivity index (χ2v) is 4.97. The van der Waals surface area contributed by atoms with Crippen molar-refractivity contribution < 1.29 is 9.90 Å². The predicted molar refractivity (Wildman–Crippen MR) is 91.6 cm³/mol. The van der Waals surface area contributed by atoms with Gasteiger partial charge in [-0.05, 0) is 18.2 Å². The summed E-state index contributed by atoms with van der Waals surface area (Å²) in [6, 6.07) is 16.5. The van der Waals surface area contributed by atoms with Gasteiger partial charge in [0.05, 0.1) is 12.6 Å². The van der Waals surface area contributed by atoms with Crippen molar-refractivity contribution in [3.63, 3.8) is 0 Å². The molecule has 0 aliphatic carbocycles. The average molecular weight is 341 g/mol. The van der Waals surface area contributed by atoms with Crippen molar-refractivity contribution in [1.82, 2.24) is 5.32 Å². The lowest BCUT2D eigenvalue weighted by Crippen LogP contribution is -2.33. The first-order chi connectivity index (χ1) is 10.2. The summed E-state index contributed by atoms with van der Waals surface area (Å²) in [7, 11) is 0. The van der Waals surface area contributed by atoms with Crippen LogP contribution in [-0.2, 0) is 4.79 Å². The first-order valence-corrected chi connectivity index (χ1v) is 7.02. The van der Waals surface area contributed by atoms with Gasteiger partial charge in [-0.15, -0.1) is 12.4 Å². The van der Waals surface area contributed by atoms with Crippen LogP contribution in [0, 0.1) is 0 Å². The molecule has 0 spiro atoms. The zero-order chi connectivity index (χ0) is 15.1. The fourth-order valence-corrected chi connectivity index (χ4v) is 2.13. The van der Waals surface area contributed by atoms with Crippen LogP contribution in [0.3, 0.4) is 0 Å². The largest absolute Gasteiger partial charge is 0.387 e. The zero-order valence-corrected chi connectivity index (χ0v) is 13.4. The van der Waals surface area contributed by atoms with Crippen LogP contribution >= 0.6 is 24.0 Å². The minimum atomic E-state index is -0.820. The molecule has 0 bridgehead atoms. The van der Waals surface area contributed by atoms with Crippen molar-refractivity contribution >= 4 is 35.6 Å². The maximum Gasteiger partial charge on any atom is 0.239 e. The van der Waals surface area contributed by atoms with Gasteiger partial charge in [0, 0.05) is 22.8 Å². The van der Waals surface area contributed by atoms with E-state index in [1.165, 1.54) is 0 Å². The summed E-state index contributed by atoms with van der Waals surface area (Å²) in [5.74, 6) is -0.190. The molecule has 1 atom stereocenters. The lowest BCUT2D eigenvalue weighted by atomic mass is 10.1. The number of carbonyl (C=O) groups is 1. The van der Waals surface area contributed by atoms with E-state index in [1.807, 2.05) is 30.3 Å².